The molecule has 22 heavy (non-hydrogen) atoms. The summed E-state index contributed by atoms with van der Waals surface area (Å²) in [7, 11) is -3.33. The molecule has 1 aliphatic carbocycles. The average molecular weight is 335 g/mol. The molecule has 0 radical (unpaired) electrons. The molecule has 1 unspecified atom stereocenters. The van der Waals surface area contributed by atoms with E-state index in [1.165, 1.54) is 9.75 Å². The van der Waals surface area contributed by atoms with Crippen molar-refractivity contribution >= 4 is 21.4 Å². The van der Waals surface area contributed by atoms with Crippen LogP contribution in [0.2, 0.25) is 0 Å². The van der Waals surface area contributed by atoms with Gasteiger partial charge in [0.1, 0.15) is 0 Å². The molecule has 2 aromatic rings. The Morgan fingerprint density at radius 1 is 1.18 bits per heavy atom. The van der Waals surface area contributed by atoms with Gasteiger partial charge in [-0.3, -0.25) is 0 Å². The molecule has 0 spiro atoms. The summed E-state index contributed by atoms with van der Waals surface area (Å²) in [6, 6.07) is 9.90. The summed E-state index contributed by atoms with van der Waals surface area (Å²) in [4.78, 5) is 2.40. The lowest BCUT2D eigenvalue weighted by molar-refractivity contribution is 0.551. The molecule has 1 aliphatic rings. The van der Waals surface area contributed by atoms with Crippen molar-refractivity contribution in [2.24, 2.45) is 0 Å². The molecular formula is C17H21NO2S2. The van der Waals surface area contributed by atoms with E-state index in [0.29, 0.717) is 12.8 Å². The zero-order valence-corrected chi connectivity index (χ0v) is 14.7. The van der Waals surface area contributed by atoms with Gasteiger partial charge >= 0.3 is 0 Å². The molecule has 0 amide bonds. The first-order chi connectivity index (χ1) is 10.4. The highest BCUT2D eigenvalue weighted by atomic mass is 32.2. The van der Waals surface area contributed by atoms with E-state index in [0.717, 1.165) is 16.7 Å². The van der Waals surface area contributed by atoms with Crippen molar-refractivity contribution in [3.8, 4) is 0 Å². The number of aryl methyl sites for hydroxylation is 2. The minimum Gasteiger partial charge on any atom is -0.212 e. The number of hydrogen-bond acceptors (Lipinski definition) is 3. The van der Waals surface area contributed by atoms with Gasteiger partial charge in [-0.15, -0.1) is 11.3 Å². The van der Waals surface area contributed by atoms with Gasteiger partial charge in [-0.05, 0) is 56.4 Å². The van der Waals surface area contributed by atoms with Crippen LogP contribution in [-0.4, -0.2) is 13.7 Å². The summed E-state index contributed by atoms with van der Waals surface area (Å²) in [5.41, 5.74) is 3.41. The number of benzene rings is 1. The Kier molecular flexibility index (Phi) is 4.14. The lowest BCUT2D eigenvalue weighted by Gasteiger charge is -2.18. The predicted octanol–water partition coefficient (Wildman–Crippen LogP) is 3.51. The van der Waals surface area contributed by atoms with Crippen molar-refractivity contribution in [1.29, 1.82) is 0 Å². The Labute approximate surface area is 136 Å². The van der Waals surface area contributed by atoms with E-state index in [9.17, 15) is 8.42 Å². The largest absolute Gasteiger partial charge is 0.215 e. The average Bonchev–Trinajstić information content (AvgIpc) is 3.01. The Balaban J connectivity index is 1.76. The second-order valence-electron chi connectivity index (χ2n) is 6.05. The van der Waals surface area contributed by atoms with Crippen LogP contribution in [0, 0.1) is 13.8 Å². The summed E-state index contributed by atoms with van der Waals surface area (Å²) in [6.45, 7) is 6.02. The van der Waals surface area contributed by atoms with Gasteiger partial charge < -0.3 is 0 Å². The fraction of sp³-hybridized carbons (Fsp3) is 0.412. The molecule has 1 N–H and O–H groups in total. The number of nitrogens with one attached hydrogen (secondary N) is 1. The first-order valence-electron chi connectivity index (χ1n) is 7.51. The molecule has 1 aromatic heterocycles. The molecule has 0 fully saturated rings. The molecule has 1 atom stereocenters. The molecule has 0 aliphatic heterocycles. The summed E-state index contributed by atoms with van der Waals surface area (Å²) < 4.78 is 28.3. The second-order valence-corrected chi connectivity index (χ2v) is 9.50. The van der Waals surface area contributed by atoms with Crippen LogP contribution in [0.1, 0.15) is 39.4 Å². The summed E-state index contributed by atoms with van der Waals surface area (Å²) in [5, 5.41) is -0.354. The van der Waals surface area contributed by atoms with Crippen LogP contribution in [0.15, 0.2) is 30.3 Å². The Hall–Kier alpha value is -1.17. The summed E-state index contributed by atoms with van der Waals surface area (Å²) >= 11 is 1.71. The van der Waals surface area contributed by atoms with Gasteiger partial charge in [0.05, 0.1) is 5.25 Å². The maximum Gasteiger partial charge on any atom is 0.215 e. The van der Waals surface area contributed by atoms with Gasteiger partial charge in [-0.1, -0.05) is 24.3 Å². The topological polar surface area (TPSA) is 46.2 Å². The molecule has 3 nitrogen and oxygen atoms in total. The smallest absolute Gasteiger partial charge is 0.212 e. The highest BCUT2D eigenvalue weighted by molar-refractivity contribution is 7.90. The normalized spacial score (nSPS) is 16.7. The highest BCUT2D eigenvalue weighted by Gasteiger charge is 2.33. The zero-order chi connectivity index (χ0) is 15.9. The van der Waals surface area contributed by atoms with Gasteiger partial charge in [0.15, 0.2) is 0 Å². The monoisotopic (exact) mass is 335 g/mol. The first-order valence-corrected chi connectivity index (χ1v) is 9.88. The lowest BCUT2D eigenvalue weighted by Crippen LogP contribution is -2.36. The fourth-order valence-corrected chi connectivity index (χ4v) is 5.86. The number of rotatable bonds is 4. The molecule has 1 aromatic carbocycles. The van der Waals surface area contributed by atoms with E-state index in [1.807, 2.05) is 38.1 Å². The van der Waals surface area contributed by atoms with Gasteiger partial charge in [-0.25, -0.2) is 13.1 Å². The van der Waals surface area contributed by atoms with Crippen LogP contribution >= 0.6 is 11.3 Å². The van der Waals surface area contributed by atoms with Crippen molar-refractivity contribution in [3.63, 3.8) is 0 Å². The molecule has 0 saturated carbocycles. The number of thiophene rings is 1. The minimum atomic E-state index is -3.33. The van der Waals surface area contributed by atoms with Crippen molar-refractivity contribution < 1.29 is 8.42 Å². The van der Waals surface area contributed by atoms with E-state index >= 15 is 0 Å². The van der Waals surface area contributed by atoms with E-state index < -0.39 is 10.0 Å². The van der Waals surface area contributed by atoms with Gasteiger partial charge in [0.2, 0.25) is 10.0 Å². The molecule has 0 saturated heterocycles. The van der Waals surface area contributed by atoms with Gasteiger partial charge in [-0.2, -0.15) is 0 Å². The SMILES string of the molecule is Cc1cc(C(C)NS(=O)(=O)C2Cc3ccccc3C2)c(C)s1. The molecule has 3 rings (SSSR count). The van der Waals surface area contributed by atoms with Crippen molar-refractivity contribution in [2.75, 3.05) is 0 Å². The first kappa shape index (κ1) is 15.7. The number of hydrogen-bond donors (Lipinski definition) is 1. The lowest BCUT2D eigenvalue weighted by atomic mass is 10.1. The standard InChI is InChI=1S/C17H21NO2S2/c1-11-8-17(13(3)21-11)12(2)18-22(19,20)16-9-14-6-4-5-7-15(14)10-16/h4-8,12,16,18H,9-10H2,1-3H3. The second kappa shape index (κ2) is 5.80. The third-order valence-corrected chi connectivity index (χ3v) is 7.21. The van der Waals surface area contributed by atoms with Gasteiger partial charge in [0.25, 0.3) is 0 Å². The zero-order valence-electron chi connectivity index (χ0n) is 13.1. The van der Waals surface area contributed by atoms with Crippen molar-refractivity contribution in [2.45, 2.75) is 44.9 Å². The maximum atomic E-state index is 12.7. The molecule has 1 heterocycles. The van der Waals surface area contributed by atoms with Crippen LogP contribution in [0.4, 0.5) is 0 Å². The molecule has 0 bridgehead atoms. The van der Waals surface area contributed by atoms with Crippen LogP contribution in [-0.2, 0) is 22.9 Å². The Bertz CT molecular complexity index is 768. The van der Waals surface area contributed by atoms with E-state index in [-0.39, 0.29) is 11.3 Å². The number of sulfonamides is 1. The Morgan fingerprint density at radius 2 is 1.77 bits per heavy atom. The quantitative estimate of drug-likeness (QED) is 0.929. The Morgan fingerprint density at radius 3 is 2.27 bits per heavy atom. The van der Waals surface area contributed by atoms with Gasteiger partial charge in [0, 0.05) is 15.8 Å². The van der Waals surface area contributed by atoms with Crippen molar-refractivity contribution in [3.05, 3.63) is 56.8 Å². The van der Waals surface area contributed by atoms with Crippen molar-refractivity contribution in [1.82, 2.24) is 4.72 Å². The predicted molar refractivity (Wildman–Crippen MR) is 91.9 cm³/mol. The van der Waals surface area contributed by atoms with Crippen LogP contribution in [0.3, 0.4) is 0 Å². The maximum absolute atomic E-state index is 12.7. The third-order valence-electron chi connectivity index (χ3n) is 4.34. The summed E-state index contributed by atoms with van der Waals surface area (Å²) in [5.74, 6) is 0. The minimum absolute atomic E-state index is 0.182. The van der Waals surface area contributed by atoms with E-state index in [2.05, 4.69) is 17.7 Å². The van der Waals surface area contributed by atoms with Crippen LogP contribution in [0.5, 0.6) is 0 Å². The molecule has 5 heteroatoms. The van der Waals surface area contributed by atoms with E-state index in [1.54, 1.807) is 11.3 Å². The van der Waals surface area contributed by atoms with E-state index in [4.69, 9.17) is 0 Å². The highest BCUT2D eigenvalue weighted by Crippen LogP contribution is 2.29. The molecule has 118 valence electrons. The number of fused-ring (bicyclic) bond motifs is 1. The summed E-state index contributed by atoms with van der Waals surface area (Å²) in [6.07, 6.45) is 1.22. The van der Waals surface area contributed by atoms with Crippen LogP contribution < -0.4 is 4.72 Å². The fourth-order valence-electron chi connectivity index (χ4n) is 3.22. The van der Waals surface area contributed by atoms with Crippen LogP contribution in [0.25, 0.3) is 0 Å². The molecular weight excluding hydrogens is 314 g/mol. The third kappa shape index (κ3) is 2.98.